The van der Waals surface area contributed by atoms with Gasteiger partial charge in [-0.25, -0.2) is 4.39 Å². The molecule has 0 amide bonds. The van der Waals surface area contributed by atoms with Crippen molar-refractivity contribution in [1.29, 1.82) is 0 Å². The highest BCUT2D eigenvalue weighted by atomic mass is 19.4. The maximum Gasteiger partial charge on any atom is 0.424 e. The lowest BCUT2D eigenvalue weighted by Crippen LogP contribution is -2.60. The van der Waals surface area contributed by atoms with Gasteiger partial charge in [0.15, 0.2) is 5.78 Å². The van der Waals surface area contributed by atoms with Gasteiger partial charge in [-0.15, -0.1) is 0 Å². The van der Waals surface area contributed by atoms with Gasteiger partial charge in [0.25, 0.3) is 0 Å². The zero-order valence-electron chi connectivity index (χ0n) is 17.6. The van der Waals surface area contributed by atoms with E-state index >= 15 is 0 Å². The number of halogens is 4. The van der Waals surface area contributed by atoms with Crippen molar-refractivity contribution in [3.63, 3.8) is 0 Å². The summed E-state index contributed by atoms with van der Waals surface area (Å²) < 4.78 is 64.7. The molecule has 3 rings (SSSR count). The van der Waals surface area contributed by atoms with E-state index in [1.807, 2.05) is 0 Å². The van der Waals surface area contributed by atoms with E-state index in [4.69, 9.17) is 20.9 Å². The largest absolute Gasteiger partial charge is 0.481 e. The molecule has 0 saturated heterocycles. The molecule has 2 atom stereocenters. The third-order valence-corrected chi connectivity index (χ3v) is 5.42. The Morgan fingerprint density at radius 3 is 2.47 bits per heavy atom. The molecule has 11 heteroatoms. The standard InChI is InChI=1S/C21H22F4N4O3/c1-19(10-32-20(2,18(27)29-19)21(23,24)25)13-8-11(4-6-14(13)22)9-15(30)12-5-7-16(31-3)28-17(12)26/h4-8H,9-10H2,1-3H3,(H2,26,28)(H2,27,29)/t19-,20+/m0/s1. The van der Waals surface area contributed by atoms with E-state index in [-0.39, 0.29) is 35.0 Å². The molecule has 2 aromatic rings. The van der Waals surface area contributed by atoms with Crippen molar-refractivity contribution in [3.05, 3.63) is 52.8 Å². The van der Waals surface area contributed by atoms with E-state index in [9.17, 15) is 22.4 Å². The fourth-order valence-electron chi connectivity index (χ4n) is 3.31. The van der Waals surface area contributed by atoms with Crippen LogP contribution in [0.15, 0.2) is 35.3 Å². The zero-order chi connectivity index (χ0) is 23.9. The Balaban J connectivity index is 1.92. The number of rotatable bonds is 5. The highest BCUT2D eigenvalue weighted by Crippen LogP contribution is 2.41. The number of nitrogens with two attached hydrogens (primary N) is 2. The van der Waals surface area contributed by atoms with E-state index in [0.29, 0.717) is 5.56 Å². The first kappa shape index (κ1) is 23.5. The fourth-order valence-corrected chi connectivity index (χ4v) is 3.31. The summed E-state index contributed by atoms with van der Waals surface area (Å²) in [5, 5.41) is 0. The summed E-state index contributed by atoms with van der Waals surface area (Å²) >= 11 is 0. The van der Waals surface area contributed by atoms with Crippen molar-refractivity contribution in [1.82, 2.24) is 4.98 Å². The molecule has 172 valence electrons. The third-order valence-electron chi connectivity index (χ3n) is 5.42. The van der Waals surface area contributed by atoms with Crippen LogP contribution in [-0.4, -0.2) is 42.1 Å². The van der Waals surface area contributed by atoms with Crippen LogP contribution in [0, 0.1) is 5.82 Å². The molecule has 1 aliphatic heterocycles. The monoisotopic (exact) mass is 454 g/mol. The molecule has 0 spiro atoms. The van der Waals surface area contributed by atoms with Gasteiger partial charge in [-0.2, -0.15) is 18.2 Å². The minimum atomic E-state index is -4.79. The van der Waals surface area contributed by atoms with Crippen LogP contribution >= 0.6 is 0 Å². The second-order valence-corrected chi connectivity index (χ2v) is 7.79. The molecule has 32 heavy (non-hydrogen) atoms. The quantitative estimate of drug-likeness (QED) is 0.530. The molecule has 0 aliphatic carbocycles. The highest BCUT2D eigenvalue weighted by molar-refractivity contribution is 6.01. The molecule has 0 bridgehead atoms. The van der Waals surface area contributed by atoms with Crippen molar-refractivity contribution in [2.75, 3.05) is 19.5 Å². The molecule has 1 aromatic carbocycles. The van der Waals surface area contributed by atoms with Crippen LogP contribution in [0.3, 0.4) is 0 Å². The van der Waals surface area contributed by atoms with Gasteiger partial charge in [-0.3, -0.25) is 9.79 Å². The number of benzene rings is 1. The fraction of sp³-hybridized carbons (Fsp3) is 0.381. The lowest BCUT2D eigenvalue weighted by Gasteiger charge is -2.41. The maximum atomic E-state index is 14.6. The Bertz CT molecular complexity index is 1090. The van der Waals surface area contributed by atoms with Crippen LogP contribution in [0.4, 0.5) is 23.4 Å². The van der Waals surface area contributed by atoms with Crippen LogP contribution in [0.5, 0.6) is 5.88 Å². The number of ether oxygens (including phenoxy) is 2. The van der Waals surface area contributed by atoms with Gasteiger partial charge in [0.05, 0.1) is 19.3 Å². The first-order valence-corrected chi connectivity index (χ1v) is 9.50. The number of carbonyl (C=O) groups excluding carboxylic acids is 1. The molecule has 0 saturated carbocycles. The van der Waals surface area contributed by atoms with Crippen LogP contribution in [0.2, 0.25) is 0 Å². The highest BCUT2D eigenvalue weighted by Gasteiger charge is 2.59. The summed E-state index contributed by atoms with van der Waals surface area (Å²) in [7, 11) is 1.41. The molecule has 2 heterocycles. The molecule has 0 radical (unpaired) electrons. The van der Waals surface area contributed by atoms with Gasteiger partial charge in [0, 0.05) is 18.1 Å². The molecule has 0 unspecified atom stereocenters. The Morgan fingerprint density at radius 2 is 1.91 bits per heavy atom. The average Bonchev–Trinajstić information content (AvgIpc) is 2.71. The molecular formula is C21H22F4N4O3. The third kappa shape index (κ3) is 4.12. The van der Waals surface area contributed by atoms with Crippen molar-refractivity contribution in [2.24, 2.45) is 10.7 Å². The van der Waals surface area contributed by atoms with Gasteiger partial charge < -0.3 is 20.9 Å². The number of carbonyl (C=O) groups is 1. The van der Waals surface area contributed by atoms with E-state index in [0.717, 1.165) is 13.0 Å². The van der Waals surface area contributed by atoms with Crippen LogP contribution in [-0.2, 0) is 16.7 Å². The second kappa shape index (κ2) is 8.05. The summed E-state index contributed by atoms with van der Waals surface area (Å²) in [5.41, 5.74) is 7.64. The predicted molar refractivity (Wildman–Crippen MR) is 109 cm³/mol. The SMILES string of the molecule is COc1ccc(C(=O)Cc2ccc(F)c([C@]3(C)CO[C@@](C)(C(F)(F)F)C(N)=N3)c2)c(N)n1. The molecule has 0 fully saturated rings. The summed E-state index contributed by atoms with van der Waals surface area (Å²) in [5.74, 6) is -1.68. The number of amidine groups is 1. The van der Waals surface area contributed by atoms with Gasteiger partial charge in [-0.05, 0) is 37.6 Å². The molecular weight excluding hydrogens is 432 g/mol. The number of aliphatic imine (C=N–C) groups is 1. The predicted octanol–water partition coefficient (Wildman–Crippen LogP) is 3.16. The number of hydrogen-bond donors (Lipinski definition) is 2. The van der Waals surface area contributed by atoms with Crippen molar-refractivity contribution in [3.8, 4) is 5.88 Å². The zero-order valence-corrected chi connectivity index (χ0v) is 17.6. The Labute approximate surface area is 181 Å². The molecule has 7 nitrogen and oxygen atoms in total. The van der Waals surface area contributed by atoms with Crippen molar-refractivity contribution in [2.45, 2.75) is 37.6 Å². The molecule has 1 aromatic heterocycles. The van der Waals surface area contributed by atoms with Gasteiger partial charge in [0.2, 0.25) is 11.5 Å². The second-order valence-electron chi connectivity index (χ2n) is 7.79. The number of Topliss-reactive ketones (excluding diaryl/α,β-unsaturated/α-hetero) is 1. The molecule has 1 aliphatic rings. The summed E-state index contributed by atoms with van der Waals surface area (Å²) in [4.78, 5) is 20.6. The summed E-state index contributed by atoms with van der Waals surface area (Å²) in [6.45, 7) is 1.61. The topological polar surface area (TPSA) is 113 Å². The lowest BCUT2D eigenvalue weighted by molar-refractivity contribution is -0.249. The normalized spacial score (nSPS) is 23.5. The van der Waals surface area contributed by atoms with Crippen molar-refractivity contribution < 1.29 is 31.8 Å². The number of alkyl halides is 3. The number of hydrogen-bond acceptors (Lipinski definition) is 7. The average molecular weight is 454 g/mol. The number of ketones is 1. The van der Waals surface area contributed by atoms with Crippen LogP contribution < -0.4 is 16.2 Å². The van der Waals surface area contributed by atoms with Crippen LogP contribution in [0.1, 0.15) is 35.3 Å². The number of anilines is 1. The lowest BCUT2D eigenvalue weighted by atomic mass is 9.88. The number of nitrogens with zero attached hydrogens (tertiary/aromatic N) is 2. The first-order chi connectivity index (χ1) is 14.8. The van der Waals surface area contributed by atoms with E-state index in [1.165, 1.54) is 38.3 Å². The van der Waals surface area contributed by atoms with E-state index in [2.05, 4.69) is 9.98 Å². The summed E-state index contributed by atoms with van der Waals surface area (Å²) in [6, 6.07) is 6.81. The summed E-state index contributed by atoms with van der Waals surface area (Å²) in [6.07, 6.45) is -4.94. The maximum absolute atomic E-state index is 14.6. The number of pyridine rings is 1. The minimum absolute atomic E-state index is 0.0202. The van der Waals surface area contributed by atoms with Gasteiger partial charge in [0.1, 0.15) is 23.0 Å². The van der Waals surface area contributed by atoms with Gasteiger partial charge >= 0.3 is 6.18 Å². The van der Waals surface area contributed by atoms with E-state index in [1.54, 1.807) is 0 Å². The number of aromatic nitrogens is 1. The van der Waals surface area contributed by atoms with Gasteiger partial charge in [-0.1, -0.05) is 6.07 Å². The number of nitrogen functional groups attached to an aromatic ring is 1. The van der Waals surface area contributed by atoms with Crippen LogP contribution in [0.25, 0.3) is 0 Å². The van der Waals surface area contributed by atoms with E-state index < -0.39 is 35.6 Å². The smallest absolute Gasteiger partial charge is 0.424 e. The number of methoxy groups -OCH3 is 1. The molecule has 4 N–H and O–H groups in total. The minimum Gasteiger partial charge on any atom is -0.481 e. The Morgan fingerprint density at radius 1 is 1.22 bits per heavy atom. The first-order valence-electron chi connectivity index (χ1n) is 9.50. The Kier molecular flexibility index (Phi) is 5.90. The Hall–Kier alpha value is -3.21. The van der Waals surface area contributed by atoms with Crippen molar-refractivity contribution >= 4 is 17.4 Å².